The van der Waals surface area contributed by atoms with Crippen molar-refractivity contribution in [2.75, 3.05) is 82.8 Å². The molecule has 1 amide bonds. The van der Waals surface area contributed by atoms with Crippen LogP contribution >= 0.6 is 34.5 Å². The molecule has 3 aromatic rings. The van der Waals surface area contributed by atoms with Crippen molar-refractivity contribution in [1.82, 2.24) is 35.1 Å². The van der Waals surface area contributed by atoms with Gasteiger partial charge in [-0.1, -0.05) is 34.5 Å². The molecule has 250 valence electrons. The molecule has 3 N–H and O–H groups in total. The Bertz CT molecular complexity index is 1490. The van der Waals surface area contributed by atoms with Crippen LogP contribution in [0.5, 0.6) is 0 Å². The van der Waals surface area contributed by atoms with Crippen molar-refractivity contribution in [3.05, 3.63) is 38.7 Å². The predicted octanol–water partition coefficient (Wildman–Crippen LogP) is 3.79. The van der Waals surface area contributed by atoms with Crippen LogP contribution in [0.3, 0.4) is 0 Å². The predicted molar refractivity (Wildman–Crippen MR) is 181 cm³/mol. The third-order valence-electron chi connectivity index (χ3n) is 8.11. The van der Waals surface area contributed by atoms with Crippen LogP contribution in [0.15, 0.2) is 12.4 Å². The maximum Gasteiger partial charge on any atom is 0.350 e. The van der Waals surface area contributed by atoms with Crippen LogP contribution in [0, 0.1) is 6.92 Å². The van der Waals surface area contributed by atoms with E-state index in [9.17, 15) is 9.59 Å². The molecule has 2 fully saturated rings. The average Bonchev–Trinajstić information content (AvgIpc) is 3.61. The molecule has 3 aromatic heterocycles. The fraction of sp³-hybridized carbons (Fsp3) is 0.567. The van der Waals surface area contributed by atoms with Gasteiger partial charge < -0.3 is 34.9 Å². The summed E-state index contributed by atoms with van der Waals surface area (Å²) in [5, 5.41) is 7.56. The van der Waals surface area contributed by atoms with E-state index in [1.165, 1.54) is 11.3 Å². The zero-order valence-corrected chi connectivity index (χ0v) is 28.9. The number of ether oxygens (including phenoxy) is 2. The van der Waals surface area contributed by atoms with Gasteiger partial charge in [0.25, 0.3) is 5.91 Å². The van der Waals surface area contributed by atoms with E-state index in [-0.39, 0.29) is 35.4 Å². The number of amides is 1. The summed E-state index contributed by atoms with van der Waals surface area (Å²) in [5.74, 6) is -0.148. The van der Waals surface area contributed by atoms with Crippen molar-refractivity contribution in [2.45, 2.75) is 39.3 Å². The molecule has 2 aliphatic rings. The Kier molecular flexibility index (Phi) is 11.7. The topological polar surface area (TPSA) is 141 Å². The van der Waals surface area contributed by atoms with E-state index >= 15 is 0 Å². The smallest absolute Gasteiger partial charge is 0.350 e. The highest BCUT2D eigenvalue weighted by atomic mass is 35.5. The van der Waals surface area contributed by atoms with Gasteiger partial charge in [-0.05, 0) is 34.2 Å². The highest BCUT2D eigenvalue weighted by molar-refractivity contribution is 7.17. The minimum atomic E-state index is -0.460. The van der Waals surface area contributed by atoms with Gasteiger partial charge in [0.05, 0.1) is 41.2 Å². The number of rotatable bonds is 12. The lowest BCUT2D eigenvalue weighted by molar-refractivity contribution is 0.0272. The van der Waals surface area contributed by atoms with Gasteiger partial charge >= 0.3 is 5.97 Å². The Hall–Kier alpha value is -3.01. The Labute approximate surface area is 283 Å². The normalized spacial score (nSPS) is 19.3. The SMILES string of the molecule is CCOC(=O)c1sc(N2CC[C@@H](NC(=O)c3[nH]c(C)c(Cl)c3Cl)[C@@H](OCC)C2)nc1-c1cnc(NCCN2CCN(C)CC2)cn1. The lowest BCUT2D eigenvalue weighted by Crippen LogP contribution is -2.55. The molecule has 16 heteroatoms. The fourth-order valence-corrected chi connectivity index (χ4v) is 6.93. The molecular weight excluding hydrogens is 653 g/mol. The van der Waals surface area contributed by atoms with Crippen molar-refractivity contribution in [1.29, 1.82) is 0 Å². The number of nitrogens with one attached hydrogen (secondary N) is 3. The number of H-pyrrole nitrogens is 1. The number of hydrogen-bond donors (Lipinski definition) is 3. The number of halogens is 2. The molecule has 0 bridgehead atoms. The van der Waals surface area contributed by atoms with Crippen molar-refractivity contribution < 1.29 is 19.1 Å². The first-order valence-electron chi connectivity index (χ1n) is 15.5. The summed E-state index contributed by atoms with van der Waals surface area (Å²) in [6, 6.07) is -0.270. The number of anilines is 2. The molecule has 13 nitrogen and oxygen atoms in total. The van der Waals surface area contributed by atoms with E-state index < -0.39 is 5.97 Å². The maximum absolute atomic E-state index is 13.1. The van der Waals surface area contributed by atoms with Gasteiger partial charge in [-0.2, -0.15) is 0 Å². The number of likely N-dealkylation sites (N-methyl/N-ethyl adjacent to an activating group) is 1. The quantitative estimate of drug-likeness (QED) is 0.239. The van der Waals surface area contributed by atoms with E-state index in [1.54, 1.807) is 26.2 Å². The third kappa shape index (κ3) is 8.09. The molecule has 0 spiro atoms. The molecule has 0 aromatic carbocycles. The lowest BCUT2D eigenvalue weighted by Gasteiger charge is -2.38. The highest BCUT2D eigenvalue weighted by Gasteiger charge is 2.34. The Balaban J connectivity index is 1.27. The molecule has 2 atom stereocenters. The Morgan fingerprint density at radius 1 is 1.09 bits per heavy atom. The molecule has 2 saturated heterocycles. The summed E-state index contributed by atoms with van der Waals surface area (Å²) in [4.78, 5) is 50.2. The molecule has 0 aliphatic carbocycles. The van der Waals surface area contributed by atoms with Crippen LogP contribution in [-0.2, 0) is 9.47 Å². The summed E-state index contributed by atoms with van der Waals surface area (Å²) in [5.41, 5.74) is 1.76. The second-order valence-electron chi connectivity index (χ2n) is 11.3. The average molecular weight is 695 g/mol. The standard InChI is InChI=1S/C30H41Cl2N9O4S/c1-5-44-21-17-41(9-7-19(21)37-28(42)26-24(32)23(31)18(3)36-26)30-38-25(27(46-30)29(43)45-6-2)20-15-35-22(16-34-20)33-8-10-40-13-11-39(4)12-14-40/h15-16,19,21,36H,5-14,17H2,1-4H3,(H,33,35)(H,37,42)/t19-,21+/m1/s1. The number of carbonyl (C=O) groups is 2. The molecule has 46 heavy (non-hydrogen) atoms. The number of aryl methyl sites for hydroxylation is 1. The summed E-state index contributed by atoms with van der Waals surface area (Å²) in [6.45, 7) is 13.1. The summed E-state index contributed by atoms with van der Waals surface area (Å²) >= 11 is 13.7. The second-order valence-corrected chi connectivity index (χ2v) is 13.0. The van der Waals surface area contributed by atoms with Crippen LogP contribution in [0.25, 0.3) is 11.4 Å². The van der Waals surface area contributed by atoms with Crippen molar-refractivity contribution >= 4 is 57.4 Å². The monoisotopic (exact) mass is 693 g/mol. The first kappa shape index (κ1) is 34.3. The summed E-state index contributed by atoms with van der Waals surface area (Å²) < 4.78 is 11.4. The van der Waals surface area contributed by atoms with Gasteiger partial charge in [0.1, 0.15) is 27.8 Å². The van der Waals surface area contributed by atoms with Gasteiger partial charge in [0.15, 0.2) is 5.13 Å². The minimum Gasteiger partial charge on any atom is -0.462 e. The van der Waals surface area contributed by atoms with Crippen LogP contribution in [0.1, 0.15) is 46.1 Å². The zero-order chi connectivity index (χ0) is 32.8. The molecule has 5 rings (SSSR count). The molecule has 5 heterocycles. The first-order chi connectivity index (χ1) is 22.2. The van der Waals surface area contributed by atoms with Crippen LogP contribution < -0.4 is 15.5 Å². The number of carbonyl (C=O) groups excluding carboxylic acids is 2. The number of thiazole rings is 1. The number of piperazine rings is 1. The number of nitrogens with zero attached hydrogens (tertiary/aromatic N) is 6. The van der Waals surface area contributed by atoms with Crippen LogP contribution in [-0.4, -0.2) is 126 Å². The molecule has 0 unspecified atom stereocenters. The Morgan fingerprint density at radius 3 is 2.52 bits per heavy atom. The molecular formula is C30H41Cl2N9O4S. The number of aromatic nitrogens is 4. The summed E-state index contributed by atoms with van der Waals surface area (Å²) in [6.07, 6.45) is 3.55. The van der Waals surface area contributed by atoms with Gasteiger partial charge in [0.2, 0.25) is 0 Å². The summed E-state index contributed by atoms with van der Waals surface area (Å²) in [7, 11) is 2.15. The van der Waals surface area contributed by atoms with Crippen molar-refractivity contribution in [3.63, 3.8) is 0 Å². The minimum absolute atomic E-state index is 0.196. The zero-order valence-electron chi connectivity index (χ0n) is 26.6. The van der Waals surface area contributed by atoms with Crippen LogP contribution in [0.2, 0.25) is 10.0 Å². The highest BCUT2D eigenvalue weighted by Crippen LogP contribution is 2.35. The van der Waals surface area contributed by atoms with Gasteiger partial charge in [-0.3, -0.25) is 9.69 Å². The number of hydrogen-bond acceptors (Lipinski definition) is 12. The maximum atomic E-state index is 13.1. The van der Waals surface area contributed by atoms with Crippen LogP contribution in [0.4, 0.5) is 10.9 Å². The number of esters is 1. The molecule has 2 aliphatic heterocycles. The van der Waals surface area contributed by atoms with Gasteiger partial charge in [-0.25, -0.2) is 19.7 Å². The van der Waals surface area contributed by atoms with Crippen molar-refractivity contribution in [2.24, 2.45) is 0 Å². The number of piperidine rings is 1. The van der Waals surface area contributed by atoms with Gasteiger partial charge in [0, 0.05) is 64.7 Å². The Morgan fingerprint density at radius 2 is 1.87 bits per heavy atom. The van der Waals surface area contributed by atoms with E-state index in [0.29, 0.717) is 64.0 Å². The van der Waals surface area contributed by atoms with E-state index in [1.807, 2.05) is 6.92 Å². The van der Waals surface area contributed by atoms with E-state index in [4.69, 9.17) is 37.7 Å². The lowest BCUT2D eigenvalue weighted by atomic mass is 10.0. The first-order valence-corrected chi connectivity index (χ1v) is 17.1. The molecule has 0 saturated carbocycles. The van der Waals surface area contributed by atoms with Gasteiger partial charge in [-0.15, -0.1) is 0 Å². The van der Waals surface area contributed by atoms with Crippen molar-refractivity contribution in [3.8, 4) is 11.4 Å². The molecule has 0 radical (unpaired) electrons. The number of aromatic amines is 1. The third-order valence-corrected chi connectivity index (χ3v) is 10.2. The second kappa shape index (κ2) is 15.7. The van der Waals surface area contributed by atoms with E-state index in [2.05, 4.69) is 47.3 Å². The largest absolute Gasteiger partial charge is 0.462 e. The van der Waals surface area contributed by atoms with E-state index in [0.717, 1.165) is 39.3 Å². The fourth-order valence-electron chi connectivity index (χ4n) is 5.51.